The van der Waals surface area contributed by atoms with E-state index in [4.69, 9.17) is 46.4 Å². The van der Waals surface area contributed by atoms with Crippen LogP contribution in [0.5, 0.6) is 0 Å². The fourth-order valence-electron chi connectivity index (χ4n) is 2.26. The third-order valence-corrected chi connectivity index (χ3v) is 6.76. The highest BCUT2D eigenvalue weighted by Crippen LogP contribution is 2.53. The van der Waals surface area contributed by atoms with Crippen LogP contribution in [0.15, 0.2) is 47.4 Å². The van der Waals surface area contributed by atoms with Crippen LogP contribution in [0.1, 0.15) is 6.42 Å². The third kappa shape index (κ3) is 4.21. The number of nitrogens with one attached hydrogen (secondary N) is 2. The topological polar surface area (TPSA) is 75.3 Å². The molecule has 10 heteroatoms. The normalized spacial score (nSPS) is 18.2. The first kappa shape index (κ1) is 19.6. The van der Waals surface area contributed by atoms with Gasteiger partial charge in [0.25, 0.3) is 10.0 Å². The Morgan fingerprint density at radius 1 is 1.08 bits per heavy atom. The molecule has 1 aliphatic rings. The highest BCUT2D eigenvalue weighted by molar-refractivity contribution is 7.92. The van der Waals surface area contributed by atoms with Crippen molar-refractivity contribution in [3.8, 4) is 0 Å². The van der Waals surface area contributed by atoms with Crippen LogP contribution in [0.25, 0.3) is 0 Å². The maximum Gasteiger partial charge on any atom is 0.263 e. The van der Waals surface area contributed by atoms with Gasteiger partial charge in [-0.2, -0.15) is 0 Å². The zero-order chi connectivity index (χ0) is 19.1. The van der Waals surface area contributed by atoms with Crippen molar-refractivity contribution in [2.45, 2.75) is 15.6 Å². The highest BCUT2D eigenvalue weighted by Gasteiger charge is 2.56. The fraction of sp³-hybridized carbons (Fsp3) is 0.188. The Bertz CT molecular complexity index is 979. The summed E-state index contributed by atoms with van der Waals surface area (Å²) in [5.74, 6) is -0.928. The number of halogens is 4. The van der Waals surface area contributed by atoms with Crippen molar-refractivity contribution in [3.63, 3.8) is 0 Å². The molecule has 5 nitrogen and oxygen atoms in total. The van der Waals surface area contributed by atoms with Gasteiger partial charge in [-0.1, -0.05) is 35.3 Å². The zero-order valence-electron chi connectivity index (χ0n) is 13.0. The number of benzene rings is 2. The van der Waals surface area contributed by atoms with E-state index in [9.17, 15) is 13.2 Å². The van der Waals surface area contributed by atoms with E-state index < -0.39 is 20.3 Å². The standard InChI is InChI=1S/C16H12Cl4N2O3S/c17-11-3-1-2-4-13(11)22-26(24,25)14-7-9(5-6-12(14)18)21-15(23)10-8-16(10,19)20/h1-7,10,22H,8H2,(H,21,23). The lowest BCUT2D eigenvalue weighted by atomic mass is 10.3. The second kappa shape index (κ2) is 7.09. The van der Waals surface area contributed by atoms with Gasteiger partial charge in [0.1, 0.15) is 9.23 Å². The van der Waals surface area contributed by atoms with E-state index in [2.05, 4.69) is 10.0 Å². The Kier molecular flexibility index (Phi) is 5.34. The van der Waals surface area contributed by atoms with Crippen molar-refractivity contribution < 1.29 is 13.2 Å². The molecular weight excluding hydrogens is 442 g/mol. The molecule has 0 spiro atoms. The van der Waals surface area contributed by atoms with Crippen LogP contribution in [0.3, 0.4) is 0 Å². The van der Waals surface area contributed by atoms with E-state index in [1.54, 1.807) is 18.2 Å². The number of hydrogen-bond donors (Lipinski definition) is 2. The minimum atomic E-state index is -4.02. The molecule has 3 rings (SSSR count). The SMILES string of the molecule is O=C(Nc1ccc(Cl)c(S(=O)(=O)Nc2ccccc2Cl)c1)C1CC1(Cl)Cl. The summed E-state index contributed by atoms with van der Waals surface area (Å²) >= 11 is 23.8. The molecule has 1 atom stereocenters. The maximum absolute atomic E-state index is 12.7. The van der Waals surface area contributed by atoms with Gasteiger partial charge < -0.3 is 5.32 Å². The molecule has 0 radical (unpaired) electrons. The van der Waals surface area contributed by atoms with E-state index >= 15 is 0 Å². The number of carbonyl (C=O) groups excluding carboxylic acids is 1. The minimum Gasteiger partial charge on any atom is -0.326 e. The lowest BCUT2D eigenvalue weighted by Gasteiger charge is -2.12. The molecule has 1 aliphatic carbocycles. The number of para-hydroxylation sites is 1. The monoisotopic (exact) mass is 452 g/mol. The second-order valence-corrected chi connectivity index (χ2v) is 9.75. The van der Waals surface area contributed by atoms with Crippen LogP contribution >= 0.6 is 46.4 Å². The quantitative estimate of drug-likeness (QED) is 0.630. The van der Waals surface area contributed by atoms with Crippen molar-refractivity contribution in [1.29, 1.82) is 0 Å². The number of carbonyl (C=O) groups is 1. The first-order valence-electron chi connectivity index (χ1n) is 7.36. The third-order valence-electron chi connectivity index (χ3n) is 3.75. The van der Waals surface area contributed by atoms with Gasteiger partial charge in [0.2, 0.25) is 5.91 Å². The van der Waals surface area contributed by atoms with Crippen molar-refractivity contribution in [2.24, 2.45) is 5.92 Å². The molecule has 1 saturated carbocycles. The van der Waals surface area contributed by atoms with Gasteiger partial charge >= 0.3 is 0 Å². The van der Waals surface area contributed by atoms with Crippen LogP contribution in [0, 0.1) is 5.92 Å². The molecular formula is C16H12Cl4N2O3S. The van der Waals surface area contributed by atoms with E-state index in [-0.39, 0.29) is 32.2 Å². The lowest BCUT2D eigenvalue weighted by molar-refractivity contribution is -0.117. The van der Waals surface area contributed by atoms with Gasteiger partial charge in [-0.05, 0) is 36.8 Å². The van der Waals surface area contributed by atoms with E-state index in [1.807, 2.05) is 0 Å². The van der Waals surface area contributed by atoms with Gasteiger partial charge in [0.15, 0.2) is 0 Å². The Labute approximate surface area is 170 Å². The van der Waals surface area contributed by atoms with Crippen LogP contribution < -0.4 is 10.0 Å². The number of hydrogen-bond acceptors (Lipinski definition) is 3. The van der Waals surface area contributed by atoms with Crippen LogP contribution in [-0.4, -0.2) is 18.7 Å². The molecule has 0 heterocycles. The Balaban J connectivity index is 1.85. The van der Waals surface area contributed by atoms with E-state index in [1.165, 1.54) is 24.3 Å². The molecule has 0 aliphatic heterocycles. The first-order valence-corrected chi connectivity index (χ1v) is 10.4. The fourth-order valence-corrected chi connectivity index (χ4v) is 4.61. The molecule has 2 aromatic rings. The second-order valence-electron chi connectivity index (χ2n) is 5.74. The molecule has 0 bridgehead atoms. The lowest BCUT2D eigenvalue weighted by Crippen LogP contribution is -2.18. The molecule has 0 aromatic heterocycles. The van der Waals surface area contributed by atoms with Crippen LogP contribution in [-0.2, 0) is 14.8 Å². The van der Waals surface area contributed by atoms with Crippen molar-refractivity contribution in [3.05, 3.63) is 52.5 Å². The molecule has 26 heavy (non-hydrogen) atoms. The van der Waals surface area contributed by atoms with Gasteiger partial charge in [-0.3, -0.25) is 9.52 Å². The maximum atomic E-state index is 12.7. The minimum absolute atomic E-state index is 0.00184. The van der Waals surface area contributed by atoms with E-state index in [0.29, 0.717) is 6.42 Å². The van der Waals surface area contributed by atoms with Gasteiger partial charge in [0, 0.05) is 5.69 Å². The first-order chi connectivity index (χ1) is 12.1. The smallest absolute Gasteiger partial charge is 0.263 e. The van der Waals surface area contributed by atoms with Gasteiger partial charge in [-0.15, -0.1) is 23.2 Å². The number of sulfonamides is 1. The number of anilines is 2. The molecule has 138 valence electrons. The van der Waals surface area contributed by atoms with E-state index in [0.717, 1.165) is 0 Å². The van der Waals surface area contributed by atoms with Crippen molar-refractivity contribution in [1.82, 2.24) is 0 Å². The zero-order valence-corrected chi connectivity index (χ0v) is 16.8. The van der Waals surface area contributed by atoms with Crippen LogP contribution in [0.4, 0.5) is 11.4 Å². The molecule has 1 fully saturated rings. The van der Waals surface area contributed by atoms with Gasteiger partial charge in [0.05, 0.1) is 21.7 Å². The summed E-state index contributed by atoms with van der Waals surface area (Å²) in [7, 11) is -4.02. The molecule has 1 unspecified atom stereocenters. The summed E-state index contributed by atoms with van der Waals surface area (Å²) in [6.45, 7) is 0. The predicted octanol–water partition coefficient (Wildman–Crippen LogP) is 4.93. The average molecular weight is 454 g/mol. The van der Waals surface area contributed by atoms with Crippen LogP contribution in [0.2, 0.25) is 10.0 Å². The summed E-state index contributed by atoms with van der Waals surface area (Å²) in [6, 6.07) is 10.5. The molecule has 0 saturated heterocycles. The largest absolute Gasteiger partial charge is 0.326 e. The number of rotatable bonds is 5. The number of alkyl halides is 2. The summed E-state index contributed by atoms with van der Waals surface area (Å²) in [4.78, 5) is 11.9. The summed E-state index contributed by atoms with van der Waals surface area (Å²) in [6.07, 6.45) is 0.342. The Morgan fingerprint density at radius 3 is 2.35 bits per heavy atom. The number of amides is 1. The predicted molar refractivity (Wildman–Crippen MR) is 105 cm³/mol. The Hall–Kier alpha value is -1.18. The summed E-state index contributed by atoms with van der Waals surface area (Å²) in [5.41, 5.74) is 0.474. The van der Waals surface area contributed by atoms with Crippen molar-refractivity contribution in [2.75, 3.05) is 10.0 Å². The van der Waals surface area contributed by atoms with Crippen molar-refractivity contribution >= 4 is 73.7 Å². The average Bonchev–Trinajstić information content (AvgIpc) is 3.20. The summed E-state index contributed by atoms with van der Waals surface area (Å²) < 4.78 is 26.6. The molecule has 1 amide bonds. The molecule has 2 N–H and O–H groups in total. The Morgan fingerprint density at radius 2 is 1.73 bits per heavy atom. The summed E-state index contributed by atoms with van der Waals surface area (Å²) in [5, 5.41) is 2.83. The molecule has 2 aromatic carbocycles. The van der Waals surface area contributed by atoms with Gasteiger partial charge in [-0.25, -0.2) is 8.42 Å². The highest BCUT2D eigenvalue weighted by atomic mass is 35.5.